The lowest BCUT2D eigenvalue weighted by Gasteiger charge is -2.29. The summed E-state index contributed by atoms with van der Waals surface area (Å²) in [7, 11) is -4.63. The molecule has 0 bridgehead atoms. The van der Waals surface area contributed by atoms with Gasteiger partial charge in [-0.1, -0.05) is 30.3 Å². The van der Waals surface area contributed by atoms with Gasteiger partial charge in [0.2, 0.25) is 10.0 Å². The number of carbonyl (C=O) groups is 2. The topological polar surface area (TPSA) is 84.0 Å². The highest BCUT2D eigenvalue weighted by Crippen LogP contribution is 2.37. The molecule has 0 aliphatic carbocycles. The van der Waals surface area contributed by atoms with Gasteiger partial charge in [0.05, 0.1) is 10.5 Å². The van der Waals surface area contributed by atoms with Gasteiger partial charge in [0.25, 0.3) is 5.91 Å². The van der Waals surface area contributed by atoms with Gasteiger partial charge in [-0.3, -0.25) is 9.59 Å². The van der Waals surface area contributed by atoms with E-state index in [1.54, 1.807) is 12.1 Å². The quantitative estimate of drug-likeness (QED) is 0.593. The molecule has 2 aliphatic rings. The minimum Gasteiger partial charge on any atom is -0.454 e. The Morgan fingerprint density at radius 1 is 1.00 bits per heavy atom. The number of esters is 1. The van der Waals surface area contributed by atoms with Crippen LogP contribution in [0.2, 0.25) is 0 Å². The number of para-hydroxylation sites is 1. The molecule has 1 unspecified atom stereocenters. The molecule has 1 saturated heterocycles. The number of rotatable bonds is 5. The first-order chi connectivity index (χ1) is 16.1. The lowest BCUT2D eigenvalue weighted by atomic mass is 10.0. The molecule has 34 heavy (non-hydrogen) atoms. The number of carbonyl (C=O) groups excluding carboxylic acids is 2. The maximum atomic E-state index is 13.4. The van der Waals surface area contributed by atoms with Crippen LogP contribution in [0.5, 0.6) is 0 Å². The number of nitrogens with zero attached hydrogens (tertiary/aromatic N) is 2. The third kappa shape index (κ3) is 4.67. The summed E-state index contributed by atoms with van der Waals surface area (Å²) in [5.41, 5.74) is 0.446. The lowest BCUT2D eigenvalue weighted by Crippen LogP contribution is -2.44. The standard InChI is InChI=1S/C23H23F3N2O5S/c24-23(25,26)17-9-2-4-12-20(17)34(31,32)28-14-6-11-19(28)22(30)33-15-21(29)27-13-5-8-16-7-1-3-10-18(16)27/h1-4,7,9-10,12,19H,5-6,8,11,13-15H2. The maximum Gasteiger partial charge on any atom is 0.417 e. The van der Waals surface area contributed by atoms with Crippen molar-refractivity contribution in [2.24, 2.45) is 0 Å². The number of sulfonamides is 1. The van der Waals surface area contributed by atoms with Crippen LogP contribution in [0.1, 0.15) is 30.4 Å². The second kappa shape index (κ2) is 9.38. The normalized spacial score (nSPS) is 19.0. The smallest absolute Gasteiger partial charge is 0.417 e. The van der Waals surface area contributed by atoms with Crippen LogP contribution in [-0.2, 0) is 36.9 Å². The van der Waals surface area contributed by atoms with Crippen LogP contribution in [0.3, 0.4) is 0 Å². The molecule has 2 aliphatic heterocycles. The summed E-state index contributed by atoms with van der Waals surface area (Å²) in [5.74, 6) is -1.40. The van der Waals surface area contributed by atoms with E-state index >= 15 is 0 Å². The van der Waals surface area contributed by atoms with Gasteiger partial charge in [-0.2, -0.15) is 17.5 Å². The number of benzene rings is 2. The van der Waals surface area contributed by atoms with Crippen LogP contribution in [0.15, 0.2) is 53.4 Å². The molecule has 4 rings (SSSR count). The maximum absolute atomic E-state index is 13.4. The predicted molar refractivity (Wildman–Crippen MR) is 116 cm³/mol. The van der Waals surface area contributed by atoms with Gasteiger partial charge in [0.15, 0.2) is 6.61 Å². The van der Waals surface area contributed by atoms with E-state index in [-0.39, 0.29) is 19.4 Å². The molecule has 0 N–H and O–H groups in total. The minimum atomic E-state index is -4.88. The van der Waals surface area contributed by atoms with E-state index in [0.29, 0.717) is 12.6 Å². The van der Waals surface area contributed by atoms with E-state index in [1.807, 2.05) is 12.1 Å². The van der Waals surface area contributed by atoms with Crippen molar-refractivity contribution in [3.8, 4) is 0 Å². The van der Waals surface area contributed by atoms with E-state index in [2.05, 4.69) is 0 Å². The van der Waals surface area contributed by atoms with E-state index < -0.39 is 51.2 Å². The molecule has 2 heterocycles. The molecule has 182 valence electrons. The number of aryl methyl sites for hydroxylation is 1. The summed E-state index contributed by atoms with van der Waals surface area (Å²) in [6.45, 7) is -0.246. The highest BCUT2D eigenvalue weighted by molar-refractivity contribution is 7.89. The Hall–Kier alpha value is -2.92. The van der Waals surface area contributed by atoms with Crippen molar-refractivity contribution in [1.29, 1.82) is 0 Å². The van der Waals surface area contributed by atoms with Crippen LogP contribution in [0.25, 0.3) is 0 Å². The molecule has 0 saturated carbocycles. The Morgan fingerprint density at radius 2 is 1.71 bits per heavy atom. The first kappa shape index (κ1) is 24.2. The predicted octanol–water partition coefficient (Wildman–Crippen LogP) is 3.38. The fourth-order valence-electron chi connectivity index (χ4n) is 4.42. The van der Waals surface area contributed by atoms with Crippen molar-refractivity contribution in [1.82, 2.24) is 4.31 Å². The zero-order chi connectivity index (χ0) is 24.5. The number of hydrogen-bond donors (Lipinski definition) is 0. The molecule has 2 aromatic rings. The zero-order valence-electron chi connectivity index (χ0n) is 18.1. The second-order valence-corrected chi connectivity index (χ2v) is 10.0. The average molecular weight is 497 g/mol. The van der Waals surface area contributed by atoms with Gasteiger partial charge in [-0.25, -0.2) is 8.42 Å². The molecule has 1 amide bonds. The molecular weight excluding hydrogens is 473 g/mol. The number of halogens is 3. The Labute approximate surface area is 195 Å². The molecule has 0 spiro atoms. The van der Waals surface area contributed by atoms with Crippen molar-refractivity contribution in [3.05, 3.63) is 59.7 Å². The van der Waals surface area contributed by atoms with Crippen molar-refractivity contribution < 1.29 is 35.9 Å². The van der Waals surface area contributed by atoms with Crippen LogP contribution >= 0.6 is 0 Å². The van der Waals surface area contributed by atoms with E-state index in [4.69, 9.17) is 4.74 Å². The zero-order valence-corrected chi connectivity index (χ0v) is 18.9. The van der Waals surface area contributed by atoms with Crippen LogP contribution in [0, 0.1) is 0 Å². The van der Waals surface area contributed by atoms with Gasteiger partial charge >= 0.3 is 12.1 Å². The number of amides is 1. The minimum absolute atomic E-state index is 0.0903. The Balaban J connectivity index is 1.48. The second-order valence-electron chi connectivity index (χ2n) is 8.15. The summed E-state index contributed by atoms with van der Waals surface area (Å²) < 4.78 is 72.2. The van der Waals surface area contributed by atoms with Gasteiger partial charge in [-0.05, 0) is 49.4 Å². The highest BCUT2D eigenvalue weighted by Gasteiger charge is 2.44. The fraction of sp³-hybridized carbons (Fsp3) is 0.391. The average Bonchev–Trinajstić information content (AvgIpc) is 3.32. The molecule has 2 aromatic carbocycles. The monoisotopic (exact) mass is 496 g/mol. The lowest BCUT2D eigenvalue weighted by molar-refractivity contribution is -0.151. The summed E-state index contributed by atoms with van der Waals surface area (Å²) in [4.78, 5) is 26.1. The Morgan fingerprint density at radius 3 is 2.47 bits per heavy atom. The molecule has 1 atom stereocenters. The Kier molecular flexibility index (Phi) is 6.68. The van der Waals surface area contributed by atoms with Crippen LogP contribution in [-0.4, -0.2) is 50.3 Å². The number of fused-ring (bicyclic) bond motifs is 1. The fourth-order valence-corrected chi connectivity index (χ4v) is 6.28. The summed E-state index contributed by atoms with van der Waals surface area (Å²) >= 11 is 0. The van der Waals surface area contributed by atoms with Crippen LogP contribution in [0.4, 0.5) is 18.9 Å². The third-order valence-corrected chi connectivity index (χ3v) is 7.97. The molecule has 11 heteroatoms. The molecule has 0 aromatic heterocycles. The van der Waals surface area contributed by atoms with Gasteiger partial charge in [0, 0.05) is 18.8 Å². The molecule has 0 radical (unpaired) electrons. The Bertz CT molecular complexity index is 1200. The van der Waals surface area contributed by atoms with Crippen molar-refractivity contribution in [2.75, 3.05) is 24.6 Å². The highest BCUT2D eigenvalue weighted by atomic mass is 32.2. The molecule has 7 nitrogen and oxygen atoms in total. The summed E-state index contributed by atoms with van der Waals surface area (Å²) in [5, 5.41) is 0. The number of alkyl halides is 3. The van der Waals surface area contributed by atoms with Gasteiger partial charge in [-0.15, -0.1) is 0 Å². The number of anilines is 1. The summed E-state index contributed by atoms with van der Waals surface area (Å²) in [6, 6.07) is 9.95. The van der Waals surface area contributed by atoms with Gasteiger partial charge < -0.3 is 9.64 Å². The van der Waals surface area contributed by atoms with E-state index in [1.165, 1.54) is 11.0 Å². The van der Waals surface area contributed by atoms with E-state index in [0.717, 1.165) is 40.5 Å². The van der Waals surface area contributed by atoms with Crippen molar-refractivity contribution in [2.45, 2.75) is 42.8 Å². The molecule has 1 fully saturated rings. The molecular formula is C23H23F3N2O5S. The van der Waals surface area contributed by atoms with E-state index in [9.17, 15) is 31.2 Å². The third-order valence-electron chi connectivity index (χ3n) is 6.00. The van der Waals surface area contributed by atoms with Crippen molar-refractivity contribution in [3.63, 3.8) is 0 Å². The van der Waals surface area contributed by atoms with Gasteiger partial charge in [0.1, 0.15) is 6.04 Å². The first-order valence-corrected chi connectivity index (χ1v) is 12.3. The number of ether oxygens (including phenoxy) is 1. The number of hydrogen-bond acceptors (Lipinski definition) is 5. The largest absolute Gasteiger partial charge is 0.454 e. The van der Waals surface area contributed by atoms with Crippen molar-refractivity contribution >= 4 is 27.6 Å². The summed E-state index contributed by atoms with van der Waals surface area (Å²) in [6.07, 6.45) is -2.93. The van der Waals surface area contributed by atoms with Crippen LogP contribution < -0.4 is 4.90 Å². The SMILES string of the molecule is O=C(OCC(=O)N1CCCc2ccccc21)C1CCCN1S(=O)(=O)c1ccccc1C(F)(F)F. The first-order valence-electron chi connectivity index (χ1n) is 10.8.